The Hall–Kier alpha value is -1.07. The number of aryl methyl sites for hydroxylation is 1. The van der Waals surface area contributed by atoms with Crippen LogP contribution in [0.4, 0.5) is 13.2 Å². The minimum Gasteiger partial charge on any atom is -0.292 e. The maximum absolute atomic E-state index is 11.9. The molecule has 0 saturated heterocycles. The fourth-order valence-electron chi connectivity index (χ4n) is 1.60. The first-order chi connectivity index (χ1) is 8.46. The number of nitrogens with one attached hydrogen (secondary N) is 1. The molecule has 0 heterocycles. The van der Waals surface area contributed by atoms with E-state index in [2.05, 4.69) is 17.2 Å². The number of halogens is 3. The molecule has 18 heavy (non-hydrogen) atoms. The lowest BCUT2D eigenvalue weighted by Gasteiger charge is -2.18. The van der Waals surface area contributed by atoms with E-state index in [4.69, 9.17) is 0 Å². The van der Waals surface area contributed by atoms with Gasteiger partial charge in [-0.25, -0.2) is 0 Å². The lowest BCUT2D eigenvalue weighted by molar-refractivity contribution is -0.193. The molecule has 0 aliphatic carbocycles. The van der Waals surface area contributed by atoms with Gasteiger partial charge in [-0.2, -0.15) is 18.7 Å². The highest BCUT2D eigenvalue weighted by Crippen LogP contribution is 2.19. The molecule has 2 nitrogen and oxygen atoms in total. The number of hydrogen-bond donors (Lipinski definition) is 1. The van der Waals surface area contributed by atoms with Gasteiger partial charge in [-0.1, -0.05) is 38.1 Å². The van der Waals surface area contributed by atoms with Crippen LogP contribution in [0.1, 0.15) is 37.4 Å². The van der Waals surface area contributed by atoms with Crippen LogP contribution in [-0.4, -0.2) is 12.8 Å². The summed E-state index contributed by atoms with van der Waals surface area (Å²) >= 11 is 0. The van der Waals surface area contributed by atoms with Crippen LogP contribution < -0.4 is 5.48 Å². The van der Waals surface area contributed by atoms with Gasteiger partial charge >= 0.3 is 6.18 Å². The highest BCUT2D eigenvalue weighted by atomic mass is 19.4. The van der Waals surface area contributed by atoms with Gasteiger partial charge < -0.3 is 0 Å². The monoisotopic (exact) mass is 261 g/mol. The van der Waals surface area contributed by atoms with Crippen molar-refractivity contribution in [2.75, 3.05) is 6.61 Å². The topological polar surface area (TPSA) is 21.3 Å². The van der Waals surface area contributed by atoms with Crippen molar-refractivity contribution in [1.82, 2.24) is 5.48 Å². The van der Waals surface area contributed by atoms with Gasteiger partial charge in [0, 0.05) is 0 Å². The van der Waals surface area contributed by atoms with Crippen molar-refractivity contribution in [3.63, 3.8) is 0 Å². The second kappa shape index (κ2) is 6.75. The Balaban J connectivity index is 2.54. The molecule has 1 rings (SSSR count). The van der Waals surface area contributed by atoms with E-state index in [-0.39, 0.29) is 6.04 Å². The van der Waals surface area contributed by atoms with Gasteiger partial charge in [-0.3, -0.25) is 4.84 Å². The lowest BCUT2D eigenvalue weighted by Crippen LogP contribution is -2.27. The Morgan fingerprint density at radius 1 is 1.17 bits per heavy atom. The van der Waals surface area contributed by atoms with E-state index in [1.165, 1.54) is 5.56 Å². The van der Waals surface area contributed by atoms with Crippen LogP contribution >= 0.6 is 0 Å². The quantitative estimate of drug-likeness (QED) is 0.787. The molecule has 0 fully saturated rings. The lowest BCUT2D eigenvalue weighted by atomic mass is 10.0. The molecule has 1 aromatic carbocycles. The zero-order valence-corrected chi connectivity index (χ0v) is 10.6. The van der Waals surface area contributed by atoms with Crippen molar-refractivity contribution >= 4 is 0 Å². The van der Waals surface area contributed by atoms with Gasteiger partial charge in [0.1, 0.15) is 0 Å². The third kappa shape index (κ3) is 5.06. The summed E-state index contributed by atoms with van der Waals surface area (Å²) < 4.78 is 35.8. The zero-order chi connectivity index (χ0) is 13.6. The molecule has 1 unspecified atom stereocenters. The smallest absolute Gasteiger partial charge is 0.292 e. The highest BCUT2D eigenvalue weighted by molar-refractivity contribution is 5.24. The molecule has 1 aromatic rings. The minimum atomic E-state index is -4.31. The molecular formula is C13H18F3NO. The van der Waals surface area contributed by atoms with E-state index in [1.54, 1.807) is 0 Å². The molecule has 0 aliphatic rings. The normalized spacial score (nSPS) is 13.6. The van der Waals surface area contributed by atoms with Crippen molar-refractivity contribution in [3.05, 3.63) is 35.4 Å². The average molecular weight is 261 g/mol. The zero-order valence-electron chi connectivity index (χ0n) is 10.6. The second-order valence-corrected chi connectivity index (χ2v) is 4.08. The Morgan fingerprint density at radius 2 is 1.78 bits per heavy atom. The van der Waals surface area contributed by atoms with Crippen LogP contribution in [0.3, 0.4) is 0 Å². The largest absolute Gasteiger partial charge is 0.413 e. The van der Waals surface area contributed by atoms with Crippen molar-refractivity contribution < 1.29 is 18.0 Å². The van der Waals surface area contributed by atoms with Crippen LogP contribution in [0, 0.1) is 0 Å². The van der Waals surface area contributed by atoms with Gasteiger partial charge in [0.05, 0.1) is 6.04 Å². The Kier molecular flexibility index (Phi) is 5.62. The molecule has 5 heteroatoms. The Bertz CT molecular complexity index is 348. The summed E-state index contributed by atoms with van der Waals surface area (Å²) in [6.45, 7) is 2.66. The second-order valence-electron chi connectivity index (χ2n) is 4.08. The predicted molar refractivity (Wildman–Crippen MR) is 64.0 cm³/mol. The molecule has 0 aromatic heterocycles. The SMILES string of the molecule is CCc1ccc(C(CC)NOCC(F)(F)F)cc1. The third-order valence-corrected chi connectivity index (χ3v) is 2.66. The summed E-state index contributed by atoms with van der Waals surface area (Å²) in [6, 6.07) is 7.55. The predicted octanol–water partition coefficient (Wildman–Crippen LogP) is 3.78. The molecule has 0 saturated carbocycles. The van der Waals surface area contributed by atoms with E-state index in [1.807, 2.05) is 31.2 Å². The summed E-state index contributed by atoms with van der Waals surface area (Å²) in [7, 11) is 0. The van der Waals surface area contributed by atoms with Crippen LogP contribution in [0.2, 0.25) is 0 Å². The number of benzene rings is 1. The summed E-state index contributed by atoms with van der Waals surface area (Å²) in [5, 5.41) is 0. The van der Waals surface area contributed by atoms with Crippen molar-refractivity contribution in [2.45, 2.75) is 38.9 Å². The summed E-state index contributed by atoms with van der Waals surface area (Å²) in [5.41, 5.74) is 4.59. The van der Waals surface area contributed by atoms with Crippen molar-refractivity contribution in [2.24, 2.45) is 0 Å². The van der Waals surface area contributed by atoms with E-state index >= 15 is 0 Å². The molecule has 0 spiro atoms. The molecule has 0 amide bonds. The van der Waals surface area contributed by atoms with Crippen molar-refractivity contribution in [3.8, 4) is 0 Å². The molecule has 0 radical (unpaired) electrons. The van der Waals surface area contributed by atoms with Gasteiger partial charge in [0.2, 0.25) is 0 Å². The van der Waals surface area contributed by atoms with Gasteiger partial charge in [0.15, 0.2) is 6.61 Å². The molecule has 102 valence electrons. The fourth-order valence-corrected chi connectivity index (χ4v) is 1.60. The first kappa shape index (κ1) is 15.0. The van der Waals surface area contributed by atoms with Crippen molar-refractivity contribution in [1.29, 1.82) is 0 Å². The highest BCUT2D eigenvalue weighted by Gasteiger charge is 2.28. The minimum absolute atomic E-state index is 0.224. The van der Waals surface area contributed by atoms with E-state index in [0.29, 0.717) is 6.42 Å². The van der Waals surface area contributed by atoms with Crippen LogP contribution in [0.25, 0.3) is 0 Å². The number of hydroxylamine groups is 1. The summed E-state index contributed by atoms with van der Waals surface area (Å²) in [5.74, 6) is 0. The summed E-state index contributed by atoms with van der Waals surface area (Å²) in [6.07, 6.45) is -2.71. The molecule has 0 bridgehead atoms. The van der Waals surface area contributed by atoms with E-state index in [9.17, 15) is 13.2 Å². The summed E-state index contributed by atoms with van der Waals surface area (Å²) in [4.78, 5) is 4.49. The molecule has 1 N–H and O–H groups in total. The maximum Gasteiger partial charge on any atom is 0.413 e. The first-order valence-electron chi connectivity index (χ1n) is 5.99. The number of alkyl halides is 3. The standard InChI is InChI=1S/C13H18F3NO/c1-3-10-5-7-11(8-6-10)12(4-2)17-18-9-13(14,15)16/h5-8,12,17H,3-4,9H2,1-2H3. The van der Waals surface area contributed by atoms with Crippen LogP contribution in [-0.2, 0) is 11.3 Å². The Labute approximate surface area is 105 Å². The molecule has 1 atom stereocenters. The first-order valence-corrected chi connectivity index (χ1v) is 5.99. The molecule has 0 aliphatic heterocycles. The van der Waals surface area contributed by atoms with E-state index in [0.717, 1.165) is 12.0 Å². The van der Waals surface area contributed by atoms with Gasteiger partial charge in [-0.15, -0.1) is 0 Å². The molecular weight excluding hydrogens is 243 g/mol. The van der Waals surface area contributed by atoms with E-state index < -0.39 is 12.8 Å². The average Bonchev–Trinajstić information content (AvgIpc) is 2.34. The maximum atomic E-state index is 11.9. The van der Waals surface area contributed by atoms with Crippen LogP contribution in [0.15, 0.2) is 24.3 Å². The Morgan fingerprint density at radius 3 is 2.22 bits per heavy atom. The number of hydrogen-bond acceptors (Lipinski definition) is 2. The van der Waals surface area contributed by atoms with Gasteiger partial charge in [0.25, 0.3) is 0 Å². The van der Waals surface area contributed by atoms with Crippen LogP contribution in [0.5, 0.6) is 0 Å². The van der Waals surface area contributed by atoms with Gasteiger partial charge in [-0.05, 0) is 24.0 Å². The fraction of sp³-hybridized carbons (Fsp3) is 0.538. The third-order valence-electron chi connectivity index (χ3n) is 2.66. The number of rotatable bonds is 6.